The van der Waals surface area contributed by atoms with Crippen molar-refractivity contribution in [1.82, 2.24) is 0 Å². The molecule has 8 nitrogen and oxygen atoms in total. The van der Waals surface area contributed by atoms with Gasteiger partial charge < -0.3 is 29.5 Å². The topological polar surface area (TPSA) is 97.3 Å². The second-order valence-corrected chi connectivity index (χ2v) is 10.7. The zero-order valence-electron chi connectivity index (χ0n) is 22.7. The number of amides is 1. The van der Waals surface area contributed by atoms with Crippen LogP contribution in [0.4, 0.5) is 24.5 Å². The Kier molecular flexibility index (Phi) is 8.14. The number of alkyl halides is 3. The molecule has 1 heterocycles. The standard InChI is InChI=1S/C30H28ClF3N2O6/c1-16-9-19(31)4-6-24(16)27(28(37)36-8-7-17-3-5-21(14-26(17)36)42-30(32,33)34)35-20-11-22(40-2)13-23(12-20)41-15-18-10-25(18)29(38)39/h3-6,9,11-14,18,25,27,35H,7-8,10,15H2,1-2H3,(H,38,39)/t18-,25+,27?/m1/s1. The summed E-state index contributed by atoms with van der Waals surface area (Å²) in [5.41, 5.74) is 2.90. The maximum Gasteiger partial charge on any atom is 0.573 e. The lowest BCUT2D eigenvalue weighted by atomic mass is 9.99. The normalized spacial score (nSPS) is 18.2. The summed E-state index contributed by atoms with van der Waals surface area (Å²) in [7, 11) is 1.48. The molecule has 0 saturated heterocycles. The number of carbonyl (C=O) groups is 2. The van der Waals surface area contributed by atoms with Crippen LogP contribution in [0.1, 0.15) is 29.2 Å². The van der Waals surface area contributed by atoms with Crippen molar-refractivity contribution in [2.45, 2.75) is 32.2 Å². The first-order valence-electron chi connectivity index (χ1n) is 13.2. The number of nitrogens with zero attached hydrogens (tertiary/aromatic N) is 1. The molecule has 3 atom stereocenters. The van der Waals surface area contributed by atoms with E-state index < -0.39 is 35.9 Å². The predicted octanol–water partition coefficient (Wildman–Crippen LogP) is 6.40. The van der Waals surface area contributed by atoms with Crippen LogP contribution in [0.3, 0.4) is 0 Å². The molecule has 0 aromatic heterocycles. The molecule has 0 spiro atoms. The molecule has 2 aliphatic rings. The number of anilines is 2. The van der Waals surface area contributed by atoms with Crippen molar-refractivity contribution < 1.29 is 42.1 Å². The highest BCUT2D eigenvalue weighted by Gasteiger charge is 2.43. The number of carbonyl (C=O) groups excluding carboxylic acids is 1. The number of methoxy groups -OCH3 is 1. The van der Waals surface area contributed by atoms with E-state index in [1.54, 1.807) is 36.4 Å². The Hall–Kier alpha value is -4.12. The molecule has 42 heavy (non-hydrogen) atoms. The quantitative estimate of drug-likeness (QED) is 0.276. The van der Waals surface area contributed by atoms with Gasteiger partial charge in [-0.1, -0.05) is 23.7 Å². The summed E-state index contributed by atoms with van der Waals surface area (Å²) in [6.07, 6.45) is -3.86. The number of aliphatic carboxylic acids is 1. The third kappa shape index (κ3) is 6.67. The van der Waals surface area contributed by atoms with Crippen molar-refractivity contribution in [1.29, 1.82) is 0 Å². The average Bonchev–Trinajstić information content (AvgIpc) is 3.60. The molecular weight excluding hydrogens is 577 g/mol. The fourth-order valence-electron chi connectivity index (χ4n) is 5.14. The SMILES string of the molecule is COc1cc(NC(C(=O)N2CCc3ccc(OC(F)(F)F)cc32)c2ccc(Cl)cc2C)cc(OC[C@H]2C[C@@H]2C(=O)O)c1. The lowest BCUT2D eigenvalue weighted by Gasteiger charge is -2.27. The first kappa shape index (κ1) is 29.4. The molecule has 5 rings (SSSR count). The van der Waals surface area contributed by atoms with Crippen molar-refractivity contribution in [2.75, 3.05) is 30.5 Å². The Balaban J connectivity index is 1.45. The summed E-state index contributed by atoms with van der Waals surface area (Å²) in [6.45, 7) is 2.30. The highest BCUT2D eigenvalue weighted by molar-refractivity contribution is 6.30. The number of carboxylic acid groups (broad SMARTS) is 1. The monoisotopic (exact) mass is 604 g/mol. The lowest BCUT2D eigenvalue weighted by Crippen LogP contribution is -2.37. The van der Waals surface area contributed by atoms with Gasteiger partial charge in [-0.05, 0) is 54.7 Å². The minimum Gasteiger partial charge on any atom is -0.497 e. The molecule has 222 valence electrons. The van der Waals surface area contributed by atoms with E-state index in [1.165, 1.54) is 30.2 Å². The van der Waals surface area contributed by atoms with E-state index in [0.717, 1.165) is 11.1 Å². The van der Waals surface area contributed by atoms with E-state index in [1.807, 2.05) is 6.92 Å². The van der Waals surface area contributed by atoms with Crippen LogP contribution in [0.25, 0.3) is 0 Å². The third-order valence-electron chi connectivity index (χ3n) is 7.37. The highest BCUT2D eigenvalue weighted by Crippen LogP contribution is 2.40. The van der Waals surface area contributed by atoms with Gasteiger partial charge in [0.05, 0.1) is 25.3 Å². The Morgan fingerprint density at radius 1 is 1.10 bits per heavy atom. The number of hydrogen-bond donors (Lipinski definition) is 2. The largest absolute Gasteiger partial charge is 0.573 e. The smallest absolute Gasteiger partial charge is 0.497 e. The van der Waals surface area contributed by atoms with Gasteiger partial charge in [-0.15, -0.1) is 13.2 Å². The Bertz CT molecular complexity index is 1510. The van der Waals surface area contributed by atoms with Gasteiger partial charge in [-0.3, -0.25) is 9.59 Å². The third-order valence-corrected chi connectivity index (χ3v) is 7.61. The Morgan fingerprint density at radius 2 is 1.86 bits per heavy atom. The van der Waals surface area contributed by atoms with Gasteiger partial charge in [-0.2, -0.15) is 0 Å². The van der Waals surface area contributed by atoms with Crippen molar-refractivity contribution in [3.8, 4) is 17.2 Å². The number of hydrogen-bond acceptors (Lipinski definition) is 6. The van der Waals surface area contributed by atoms with Gasteiger partial charge in [-0.25, -0.2) is 0 Å². The van der Waals surface area contributed by atoms with Crippen LogP contribution < -0.4 is 24.4 Å². The van der Waals surface area contributed by atoms with Gasteiger partial charge in [0, 0.05) is 47.4 Å². The summed E-state index contributed by atoms with van der Waals surface area (Å²) in [6, 6.07) is 13.2. The number of aryl methyl sites for hydroxylation is 1. The molecular formula is C30H28ClF3N2O6. The van der Waals surface area contributed by atoms with Gasteiger partial charge >= 0.3 is 12.3 Å². The number of nitrogens with one attached hydrogen (secondary N) is 1. The number of halogens is 4. The summed E-state index contributed by atoms with van der Waals surface area (Å²) < 4.78 is 54.1. The van der Waals surface area contributed by atoms with Crippen LogP contribution in [0.15, 0.2) is 54.6 Å². The Morgan fingerprint density at radius 3 is 2.52 bits per heavy atom. The molecule has 3 aromatic rings. The molecule has 1 aliphatic carbocycles. The van der Waals surface area contributed by atoms with Crippen LogP contribution in [0.5, 0.6) is 17.2 Å². The van der Waals surface area contributed by atoms with E-state index in [9.17, 15) is 27.9 Å². The summed E-state index contributed by atoms with van der Waals surface area (Å²) in [5, 5.41) is 12.9. The van der Waals surface area contributed by atoms with Crippen molar-refractivity contribution >= 4 is 34.9 Å². The van der Waals surface area contributed by atoms with Crippen LogP contribution in [0, 0.1) is 18.8 Å². The molecule has 1 fully saturated rings. The molecule has 3 aromatic carbocycles. The van der Waals surface area contributed by atoms with Gasteiger partial charge in [0.15, 0.2) is 0 Å². The van der Waals surface area contributed by atoms with E-state index in [-0.39, 0.29) is 19.1 Å². The van der Waals surface area contributed by atoms with Gasteiger partial charge in [0.2, 0.25) is 0 Å². The summed E-state index contributed by atoms with van der Waals surface area (Å²) >= 11 is 6.19. The zero-order chi connectivity index (χ0) is 30.2. The van der Waals surface area contributed by atoms with Crippen LogP contribution in [-0.2, 0) is 16.0 Å². The molecule has 1 amide bonds. The highest BCUT2D eigenvalue weighted by atomic mass is 35.5. The lowest BCUT2D eigenvalue weighted by molar-refractivity contribution is -0.274. The van der Waals surface area contributed by atoms with Crippen molar-refractivity contribution in [3.63, 3.8) is 0 Å². The number of benzene rings is 3. The average molecular weight is 605 g/mol. The second-order valence-electron chi connectivity index (χ2n) is 10.3. The maximum atomic E-state index is 14.2. The minimum absolute atomic E-state index is 0.0856. The molecule has 1 aliphatic heterocycles. The van der Waals surface area contributed by atoms with Crippen LogP contribution >= 0.6 is 11.6 Å². The second kappa shape index (κ2) is 11.6. The van der Waals surface area contributed by atoms with Gasteiger partial charge in [0.1, 0.15) is 23.3 Å². The number of ether oxygens (including phenoxy) is 3. The van der Waals surface area contributed by atoms with Crippen LogP contribution in [0.2, 0.25) is 5.02 Å². The maximum absolute atomic E-state index is 14.2. The molecule has 1 unspecified atom stereocenters. The number of carboxylic acids is 1. The fraction of sp³-hybridized carbons (Fsp3) is 0.333. The summed E-state index contributed by atoms with van der Waals surface area (Å²) in [4.78, 5) is 26.8. The first-order chi connectivity index (χ1) is 19.9. The number of fused-ring (bicyclic) bond motifs is 1. The van der Waals surface area contributed by atoms with Gasteiger partial charge in [0.25, 0.3) is 5.91 Å². The minimum atomic E-state index is -4.87. The van der Waals surface area contributed by atoms with E-state index in [0.29, 0.717) is 46.3 Å². The molecule has 12 heteroatoms. The van der Waals surface area contributed by atoms with Crippen molar-refractivity contribution in [3.05, 3.63) is 76.3 Å². The zero-order valence-corrected chi connectivity index (χ0v) is 23.5. The molecule has 0 radical (unpaired) electrons. The van der Waals surface area contributed by atoms with E-state index in [2.05, 4.69) is 10.1 Å². The van der Waals surface area contributed by atoms with Crippen molar-refractivity contribution in [2.24, 2.45) is 11.8 Å². The molecule has 0 bridgehead atoms. The fourth-order valence-corrected chi connectivity index (χ4v) is 5.36. The van der Waals surface area contributed by atoms with E-state index >= 15 is 0 Å². The first-order valence-corrected chi connectivity index (χ1v) is 13.6. The molecule has 1 saturated carbocycles. The molecule has 2 N–H and O–H groups in total. The van der Waals surface area contributed by atoms with Crippen LogP contribution in [-0.4, -0.2) is 43.6 Å². The Labute approximate surface area is 244 Å². The van der Waals surface area contributed by atoms with E-state index in [4.69, 9.17) is 21.1 Å². The summed E-state index contributed by atoms with van der Waals surface area (Å²) in [5.74, 6) is -1.30. The number of rotatable bonds is 10. The predicted molar refractivity (Wildman–Crippen MR) is 149 cm³/mol.